The molecule has 2 aromatic rings. The fourth-order valence-corrected chi connectivity index (χ4v) is 2.12. The van der Waals surface area contributed by atoms with Gasteiger partial charge in [-0.2, -0.15) is 0 Å². The maximum atomic E-state index is 12.8. The van der Waals surface area contributed by atoms with E-state index in [-0.39, 0.29) is 5.56 Å². The van der Waals surface area contributed by atoms with E-state index in [9.17, 15) is 9.59 Å². The summed E-state index contributed by atoms with van der Waals surface area (Å²) in [5, 5.41) is 0. The molecule has 0 radical (unpaired) electrons. The summed E-state index contributed by atoms with van der Waals surface area (Å²) in [6.45, 7) is 0. The molecule has 0 aliphatic heterocycles. The van der Waals surface area contributed by atoms with Crippen LogP contribution < -0.4 is 15.2 Å². The van der Waals surface area contributed by atoms with Crippen LogP contribution in [-0.4, -0.2) is 26.1 Å². The van der Waals surface area contributed by atoms with Crippen molar-refractivity contribution in [2.45, 2.75) is 6.10 Å². The Labute approximate surface area is 133 Å². The van der Waals surface area contributed by atoms with Gasteiger partial charge in [-0.3, -0.25) is 4.79 Å². The maximum Gasteiger partial charge on any atom is 0.405 e. The van der Waals surface area contributed by atoms with Crippen molar-refractivity contribution >= 4 is 11.9 Å². The Hall–Kier alpha value is -3.02. The van der Waals surface area contributed by atoms with Crippen LogP contribution in [0.1, 0.15) is 22.0 Å². The number of nitrogens with two attached hydrogens (primary N) is 1. The van der Waals surface area contributed by atoms with Crippen molar-refractivity contribution in [3.05, 3.63) is 59.7 Å². The maximum absolute atomic E-state index is 12.8. The molecule has 0 fully saturated rings. The molecule has 0 aliphatic rings. The summed E-state index contributed by atoms with van der Waals surface area (Å²) in [6, 6.07) is 13.4. The molecular weight excluding hydrogens is 298 g/mol. The van der Waals surface area contributed by atoms with Gasteiger partial charge in [-0.1, -0.05) is 30.3 Å². The monoisotopic (exact) mass is 315 g/mol. The van der Waals surface area contributed by atoms with Gasteiger partial charge in [0.05, 0.1) is 14.2 Å². The lowest BCUT2D eigenvalue weighted by Gasteiger charge is -2.17. The molecule has 0 saturated heterocycles. The van der Waals surface area contributed by atoms with Crippen LogP contribution in [-0.2, 0) is 4.74 Å². The van der Waals surface area contributed by atoms with E-state index in [2.05, 4.69) is 0 Å². The van der Waals surface area contributed by atoms with Crippen LogP contribution in [0.2, 0.25) is 0 Å². The second kappa shape index (κ2) is 7.31. The number of primary amides is 1. The van der Waals surface area contributed by atoms with E-state index in [1.165, 1.54) is 14.2 Å². The van der Waals surface area contributed by atoms with Crippen molar-refractivity contribution in [3.8, 4) is 11.5 Å². The molecule has 0 bridgehead atoms. The van der Waals surface area contributed by atoms with E-state index < -0.39 is 18.0 Å². The number of rotatable bonds is 6. The Morgan fingerprint density at radius 3 is 2.00 bits per heavy atom. The topological polar surface area (TPSA) is 87.8 Å². The van der Waals surface area contributed by atoms with Crippen molar-refractivity contribution in [1.29, 1.82) is 0 Å². The zero-order chi connectivity index (χ0) is 16.8. The minimum atomic E-state index is -1.13. The fraction of sp³-hybridized carbons (Fsp3) is 0.176. The average molecular weight is 315 g/mol. The van der Waals surface area contributed by atoms with Gasteiger partial charge in [-0.25, -0.2) is 4.79 Å². The van der Waals surface area contributed by atoms with E-state index in [0.717, 1.165) is 0 Å². The van der Waals surface area contributed by atoms with E-state index >= 15 is 0 Å². The van der Waals surface area contributed by atoms with Gasteiger partial charge in [0.25, 0.3) is 0 Å². The van der Waals surface area contributed by atoms with Crippen molar-refractivity contribution in [3.63, 3.8) is 0 Å². The number of ketones is 1. The van der Waals surface area contributed by atoms with Crippen LogP contribution in [0.15, 0.2) is 48.5 Å². The Bertz CT molecular complexity index is 677. The van der Waals surface area contributed by atoms with Crippen LogP contribution in [0.25, 0.3) is 0 Å². The van der Waals surface area contributed by atoms with Crippen LogP contribution in [0.5, 0.6) is 11.5 Å². The van der Waals surface area contributed by atoms with E-state index in [1.807, 2.05) is 0 Å². The number of ether oxygens (including phenoxy) is 3. The molecule has 23 heavy (non-hydrogen) atoms. The second-order valence-corrected chi connectivity index (χ2v) is 4.69. The van der Waals surface area contributed by atoms with Crippen LogP contribution in [0.4, 0.5) is 4.79 Å². The molecule has 0 aliphatic carbocycles. The highest BCUT2D eigenvalue weighted by Crippen LogP contribution is 2.28. The number of methoxy groups -OCH3 is 2. The summed E-state index contributed by atoms with van der Waals surface area (Å²) >= 11 is 0. The molecular formula is C17H17NO5. The Morgan fingerprint density at radius 2 is 1.52 bits per heavy atom. The molecule has 2 aromatic carbocycles. The van der Waals surface area contributed by atoms with Crippen molar-refractivity contribution in [2.24, 2.45) is 5.73 Å². The third-order valence-electron chi connectivity index (χ3n) is 3.21. The largest absolute Gasteiger partial charge is 0.497 e. The van der Waals surface area contributed by atoms with Gasteiger partial charge in [-0.15, -0.1) is 0 Å². The molecule has 1 unspecified atom stereocenters. The zero-order valence-corrected chi connectivity index (χ0v) is 12.8. The minimum Gasteiger partial charge on any atom is -0.497 e. The lowest BCUT2D eigenvalue weighted by molar-refractivity contribution is 0.0653. The quantitative estimate of drug-likeness (QED) is 0.828. The van der Waals surface area contributed by atoms with Crippen LogP contribution in [0, 0.1) is 0 Å². The molecule has 1 atom stereocenters. The van der Waals surface area contributed by atoms with Crippen molar-refractivity contribution in [1.82, 2.24) is 0 Å². The highest BCUT2D eigenvalue weighted by atomic mass is 16.6. The highest BCUT2D eigenvalue weighted by molar-refractivity contribution is 6.01. The van der Waals surface area contributed by atoms with Gasteiger partial charge in [0.2, 0.25) is 5.78 Å². The van der Waals surface area contributed by atoms with Gasteiger partial charge in [0, 0.05) is 17.2 Å². The van der Waals surface area contributed by atoms with Gasteiger partial charge < -0.3 is 19.9 Å². The van der Waals surface area contributed by atoms with E-state index in [4.69, 9.17) is 19.9 Å². The van der Waals surface area contributed by atoms with Crippen LogP contribution >= 0.6 is 0 Å². The third-order valence-corrected chi connectivity index (χ3v) is 3.21. The normalized spacial score (nSPS) is 11.4. The molecule has 0 heterocycles. The summed E-state index contributed by atoms with van der Waals surface area (Å²) in [5.41, 5.74) is 5.91. The lowest BCUT2D eigenvalue weighted by Crippen LogP contribution is -2.23. The molecule has 0 aromatic heterocycles. The molecule has 2 rings (SSSR count). The predicted octanol–water partition coefficient (Wildman–Crippen LogP) is 2.72. The van der Waals surface area contributed by atoms with Crippen molar-refractivity contribution in [2.75, 3.05) is 14.2 Å². The molecule has 6 heteroatoms. The number of carbonyl (C=O) groups is 2. The molecule has 0 saturated carbocycles. The summed E-state index contributed by atoms with van der Waals surface area (Å²) in [4.78, 5) is 23.9. The number of Topliss-reactive ketones (excluding diaryl/α,β-unsaturated/α-hetero) is 1. The second-order valence-electron chi connectivity index (χ2n) is 4.69. The summed E-state index contributed by atoms with van der Waals surface area (Å²) in [7, 11) is 2.97. The Morgan fingerprint density at radius 1 is 0.957 bits per heavy atom. The predicted molar refractivity (Wildman–Crippen MR) is 83.7 cm³/mol. The first-order valence-electron chi connectivity index (χ1n) is 6.83. The summed E-state index contributed by atoms with van der Waals surface area (Å²) in [6.07, 6.45) is -2.16. The fourth-order valence-electron chi connectivity index (χ4n) is 2.12. The Kier molecular flexibility index (Phi) is 5.19. The summed E-state index contributed by atoms with van der Waals surface area (Å²) in [5.74, 6) is 0.490. The lowest BCUT2D eigenvalue weighted by atomic mass is 9.99. The Balaban J connectivity index is 2.43. The van der Waals surface area contributed by atoms with Gasteiger partial charge in [0.1, 0.15) is 11.5 Å². The van der Waals surface area contributed by atoms with Gasteiger partial charge in [-0.05, 0) is 12.1 Å². The zero-order valence-electron chi connectivity index (χ0n) is 12.8. The molecule has 6 nitrogen and oxygen atoms in total. The van der Waals surface area contributed by atoms with Crippen LogP contribution in [0.3, 0.4) is 0 Å². The number of hydrogen-bond acceptors (Lipinski definition) is 5. The van der Waals surface area contributed by atoms with E-state index in [0.29, 0.717) is 17.1 Å². The number of benzene rings is 2. The SMILES string of the molecule is COc1cc(OC)cc(C(=O)C(OC(N)=O)c2ccccc2)c1. The number of hydrogen-bond donors (Lipinski definition) is 1. The smallest absolute Gasteiger partial charge is 0.405 e. The third kappa shape index (κ3) is 4.00. The molecule has 0 spiro atoms. The highest BCUT2D eigenvalue weighted by Gasteiger charge is 2.26. The number of amides is 1. The van der Waals surface area contributed by atoms with Gasteiger partial charge in [0.15, 0.2) is 6.10 Å². The minimum absolute atomic E-state index is 0.288. The first-order valence-corrected chi connectivity index (χ1v) is 6.83. The first kappa shape index (κ1) is 16.4. The number of carbonyl (C=O) groups excluding carboxylic acids is 2. The van der Waals surface area contributed by atoms with Gasteiger partial charge >= 0.3 is 6.09 Å². The molecule has 120 valence electrons. The first-order chi connectivity index (χ1) is 11.0. The molecule has 2 N–H and O–H groups in total. The molecule has 1 amide bonds. The average Bonchev–Trinajstić information content (AvgIpc) is 2.59. The van der Waals surface area contributed by atoms with E-state index in [1.54, 1.807) is 48.5 Å². The van der Waals surface area contributed by atoms with Crippen molar-refractivity contribution < 1.29 is 23.8 Å². The standard InChI is InChI=1S/C17H17NO5/c1-21-13-8-12(9-14(10-13)22-2)15(19)16(23-17(18)20)11-6-4-3-5-7-11/h3-10,16H,1-2H3,(H2,18,20). The summed E-state index contributed by atoms with van der Waals surface area (Å²) < 4.78 is 15.3.